The van der Waals surface area contributed by atoms with E-state index in [1.807, 2.05) is 6.92 Å². The molecule has 0 heterocycles. The highest BCUT2D eigenvalue weighted by molar-refractivity contribution is 6.35. The van der Waals surface area contributed by atoms with Gasteiger partial charge in [0.15, 0.2) is 17.6 Å². The van der Waals surface area contributed by atoms with Crippen LogP contribution in [0, 0.1) is 6.92 Å². The van der Waals surface area contributed by atoms with Crippen LogP contribution in [0.4, 0.5) is 5.69 Å². The molecular weight excluding hydrogens is 365 g/mol. The number of methoxy groups -OCH3 is 2. The fourth-order valence-corrected chi connectivity index (χ4v) is 2.62. The number of hydrogen-bond acceptors (Lipinski definition) is 4. The van der Waals surface area contributed by atoms with Crippen molar-refractivity contribution in [2.45, 2.75) is 20.0 Å². The van der Waals surface area contributed by atoms with Gasteiger partial charge in [0.05, 0.1) is 19.2 Å². The zero-order valence-electron chi connectivity index (χ0n) is 14.4. The summed E-state index contributed by atoms with van der Waals surface area (Å²) in [6, 6.07) is 8.31. The molecule has 0 aliphatic rings. The molecular formula is C18H19Cl2NO4. The van der Waals surface area contributed by atoms with Crippen molar-refractivity contribution in [1.29, 1.82) is 0 Å². The minimum absolute atomic E-state index is 0.318. The van der Waals surface area contributed by atoms with Crippen LogP contribution in [0.25, 0.3) is 0 Å². The highest BCUT2D eigenvalue weighted by Crippen LogP contribution is 2.33. The van der Waals surface area contributed by atoms with Gasteiger partial charge in [-0.05, 0) is 43.7 Å². The van der Waals surface area contributed by atoms with Crippen LogP contribution in [-0.4, -0.2) is 26.2 Å². The predicted molar refractivity (Wildman–Crippen MR) is 99.5 cm³/mol. The molecule has 0 radical (unpaired) electrons. The van der Waals surface area contributed by atoms with Crippen LogP contribution in [0.3, 0.4) is 0 Å². The summed E-state index contributed by atoms with van der Waals surface area (Å²) >= 11 is 11.9. The number of amides is 1. The van der Waals surface area contributed by atoms with Gasteiger partial charge in [0.1, 0.15) is 5.75 Å². The van der Waals surface area contributed by atoms with Crippen molar-refractivity contribution in [3.8, 4) is 17.2 Å². The van der Waals surface area contributed by atoms with Crippen molar-refractivity contribution in [3.05, 3.63) is 45.9 Å². The summed E-state index contributed by atoms with van der Waals surface area (Å²) in [4.78, 5) is 12.4. The number of halogens is 2. The van der Waals surface area contributed by atoms with Gasteiger partial charge in [-0.2, -0.15) is 0 Å². The van der Waals surface area contributed by atoms with Gasteiger partial charge in [-0.15, -0.1) is 0 Å². The Kier molecular flexibility index (Phi) is 6.39. The van der Waals surface area contributed by atoms with E-state index in [9.17, 15) is 4.79 Å². The average molecular weight is 384 g/mol. The van der Waals surface area contributed by atoms with Gasteiger partial charge in [0.2, 0.25) is 0 Å². The molecule has 0 saturated heterocycles. The molecule has 2 aromatic rings. The highest BCUT2D eigenvalue weighted by atomic mass is 35.5. The molecule has 0 unspecified atom stereocenters. The van der Waals surface area contributed by atoms with E-state index < -0.39 is 6.10 Å². The van der Waals surface area contributed by atoms with Gasteiger partial charge in [-0.1, -0.05) is 23.2 Å². The largest absolute Gasteiger partial charge is 0.493 e. The maximum Gasteiger partial charge on any atom is 0.265 e. The molecule has 0 aliphatic carbocycles. The number of anilines is 1. The molecule has 25 heavy (non-hydrogen) atoms. The molecule has 1 amide bonds. The Labute approximate surface area is 156 Å². The maximum atomic E-state index is 12.4. The first-order chi connectivity index (χ1) is 11.8. The van der Waals surface area contributed by atoms with Crippen LogP contribution < -0.4 is 19.5 Å². The molecule has 2 aromatic carbocycles. The first-order valence-corrected chi connectivity index (χ1v) is 8.26. The summed E-state index contributed by atoms with van der Waals surface area (Å²) in [5, 5.41) is 3.66. The SMILES string of the molecule is COc1cc(C)c(NC(=O)[C@@H](C)Oc2ccc(Cl)cc2Cl)cc1OC. The van der Waals surface area contributed by atoms with E-state index in [-0.39, 0.29) is 5.91 Å². The Morgan fingerprint density at radius 3 is 2.28 bits per heavy atom. The Bertz CT molecular complexity index is 780. The number of aryl methyl sites for hydroxylation is 1. The van der Waals surface area contributed by atoms with Crippen LogP contribution in [0.1, 0.15) is 12.5 Å². The molecule has 0 aromatic heterocycles. The van der Waals surface area contributed by atoms with Gasteiger partial charge in [0, 0.05) is 16.8 Å². The Balaban J connectivity index is 2.13. The maximum absolute atomic E-state index is 12.4. The minimum atomic E-state index is -0.758. The summed E-state index contributed by atoms with van der Waals surface area (Å²) in [6.45, 7) is 3.50. The molecule has 5 nitrogen and oxygen atoms in total. The number of ether oxygens (including phenoxy) is 3. The minimum Gasteiger partial charge on any atom is -0.493 e. The lowest BCUT2D eigenvalue weighted by molar-refractivity contribution is -0.122. The zero-order valence-corrected chi connectivity index (χ0v) is 15.9. The number of hydrogen-bond donors (Lipinski definition) is 1. The molecule has 0 saturated carbocycles. The van der Waals surface area contributed by atoms with Crippen molar-refractivity contribution in [3.63, 3.8) is 0 Å². The fraction of sp³-hybridized carbons (Fsp3) is 0.278. The molecule has 0 fully saturated rings. The van der Waals surface area contributed by atoms with E-state index in [0.29, 0.717) is 33.0 Å². The third-order valence-corrected chi connectivity index (χ3v) is 4.09. The topological polar surface area (TPSA) is 56.8 Å². The van der Waals surface area contributed by atoms with E-state index in [4.69, 9.17) is 37.4 Å². The second-order valence-electron chi connectivity index (χ2n) is 5.35. The van der Waals surface area contributed by atoms with E-state index in [1.165, 1.54) is 7.11 Å². The summed E-state index contributed by atoms with van der Waals surface area (Å²) in [6.07, 6.45) is -0.758. The molecule has 1 atom stereocenters. The van der Waals surface area contributed by atoms with Crippen molar-refractivity contribution >= 4 is 34.8 Å². The summed E-state index contributed by atoms with van der Waals surface area (Å²) < 4.78 is 16.1. The average Bonchev–Trinajstić information content (AvgIpc) is 2.58. The van der Waals surface area contributed by atoms with Crippen LogP contribution in [0.2, 0.25) is 10.0 Å². The van der Waals surface area contributed by atoms with E-state index in [2.05, 4.69) is 5.32 Å². The molecule has 1 N–H and O–H groups in total. The highest BCUT2D eigenvalue weighted by Gasteiger charge is 2.18. The molecule has 2 rings (SSSR count). The second kappa shape index (κ2) is 8.32. The number of carbonyl (C=O) groups is 1. The van der Waals surface area contributed by atoms with Crippen LogP contribution in [0.15, 0.2) is 30.3 Å². The Hall–Kier alpha value is -2.11. The van der Waals surface area contributed by atoms with Gasteiger partial charge in [-0.3, -0.25) is 4.79 Å². The standard InChI is InChI=1S/C18H19Cl2NO4/c1-10-7-16(23-3)17(24-4)9-14(10)21-18(22)11(2)25-15-6-5-12(19)8-13(15)20/h5-9,11H,1-4H3,(H,21,22)/t11-/m1/s1. The van der Waals surface area contributed by atoms with Crippen molar-refractivity contribution in [2.75, 3.05) is 19.5 Å². The Morgan fingerprint density at radius 2 is 1.68 bits per heavy atom. The second-order valence-corrected chi connectivity index (χ2v) is 6.19. The molecule has 0 spiro atoms. The van der Waals surface area contributed by atoms with Gasteiger partial charge >= 0.3 is 0 Å². The van der Waals surface area contributed by atoms with Gasteiger partial charge in [-0.25, -0.2) is 0 Å². The first-order valence-electron chi connectivity index (χ1n) is 7.51. The predicted octanol–water partition coefficient (Wildman–Crippen LogP) is 4.73. The van der Waals surface area contributed by atoms with Crippen LogP contribution in [0.5, 0.6) is 17.2 Å². The summed E-state index contributed by atoms with van der Waals surface area (Å²) in [5.74, 6) is 1.19. The summed E-state index contributed by atoms with van der Waals surface area (Å²) in [7, 11) is 3.09. The summed E-state index contributed by atoms with van der Waals surface area (Å²) in [5.41, 5.74) is 1.45. The number of rotatable bonds is 6. The fourth-order valence-electron chi connectivity index (χ4n) is 2.16. The lowest BCUT2D eigenvalue weighted by Gasteiger charge is -2.18. The van der Waals surface area contributed by atoms with Crippen LogP contribution >= 0.6 is 23.2 Å². The first kappa shape index (κ1) is 19.2. The number of benzene rings is 2. The number of nitrogens with one attached hydrogen (secondary N) is 1. The lowest BCUT2D eigenvalue weighted by atomic mass is 10.1. The van der Waals surface area contributed by atoms with Crippen LogP contribution in [-0.2, 0) is 4.79 Å². The van der Waals surface area contributed by atoms with Crippen molar-refractivity contribution in [2.24, 2.45) is 0 Å². The molecule has 0 bridgehead atoms. The number of carbonyl (C=O) groups excluding carboxylic acids is 1. The van der Waals surface area contributed by atoms with E-state index in [1.54, 1.807) is 44.4 Å². The van der Waals surface area contributed by atoms with Crippen molar-refractivity contribution < 1.29 is 19.0 Å². The zero-order chi connectivity index (χ0) is 18.6. The molecule has 134 valence electrons. The smallest absolute Gasteiger partial charge is 0.265 e. The third-order valence-electron chi connectivity index (χ3n) is 3.56. The van der Waals surface area contributed by atoms with Crippen molar-refractivity contribution in [1.82, 2.24) is 0 Å². The monoisotopic (exact) mass is 383 g/mol. The normalized spacial score (nSPS) is 11.6. The molecule has 7 heteroatoms. The van der Waals surface area contributed by atoms with Gasteiger partial charge < -0.3 is 19.5 Å². The van der Waals surface area contributed by atoms with E-state index in [0.717, 1.165) is 5.56 Å². The molecule has 0 aliphatic heterocycles. The third kappa shape index (κ3) is 4.71. The quantitative estimate of drug-likeness (QED) is 0.783. The Morgan fingerprint density at radius 1 is 1.04 bits per heavy atom. The van der Waals surface area contributed by atoms with Gasteiger partial charge in [0.25, 0.3) is 5.91 Å². The van der Waals surface area contributed by atoms with E-state index >= 15 is 0 Å². The lowest BCUT2D eigenvalue weighted by Crippen LogP contribution is -2.30.